The zero-order valence-electron chi connectivity index (χ0n) is 17.3. The molecular formula is C24H26N2O4. The minimum Gasteiger partial charge on any atom is -0.493 e. The molecule has 0 atom stereocenters. The number of pyridine rings is 1. The van der Waals surface area contributed by atoms with Gasteiger partial charge >= 0.3 is 0 Å². The molecule has 1 amide bonds. The summed E-state index contributed by atoms with van der Waals surface area (Å²) in [6.45, 7) is 0.855. The van der Waals surface area contributed by atoms with E-state index in [1.165, 1.54) is 0 Å². The molecule has 1 N–H and O–H groups in total. The Morgan fingerprint density at radius 3 is 2.57 bits per heavy atom. The van der Waals surface area contributed by atoms with Gasteiger partial charge in [0, 0.05) is 19.2 Å². The molecule has 156 valence electrons. The van der Waals surface area contributed by atoms with Crippen LogP contribution in [0.2, 0.25) is 0 Å². The second kappa shape index (κ2) is 10.9. The van der Waals surface area contributed by atoms with Crippen LogP contribution in [0.25, 0.3) is 0 Å². The number of carbonyl (C=O) groups excluding carboxylic acids is 1. The summed E-state index contributed by atoms with van der Waals surface area (Å²) in [5.74, 6) is 2.08. The molecule has 3 aromatic rings. The first-order valence-corrected chi connectivity index (χ1v) is 9.77. The molecule has 0 aliphatic heterocycles. The third kappa shape index (κ3) is 6.24. The van der Waals surface area contributed by atoms with Crippen LogP contribution in [0.3, 0.4) is 0 Å². The number of methoxy groups -OCH3 is 2. The Labute approximate surface area is 176 Å². The minimum atomic E-state index is -0.00964. The molecule has 0 spiro atoms. The summed E-state index contributed by atoms with van der Waals surface area (Å²) >= 11 is 0. The van der Waals surface area contributed by atoms with Crippen LogP contribution in [-0.4, -0.2) is 25.1 Å². The van der Waals surface area contributed by atoms with Crippen LogP contribution < -0.4 is 19.5 Å². The number of rotatable bonds is 10. The summed E-state index contributed by atoms with van der Waals surface area (Å²) in [6.07, 6.45) is 2.76. The maximum Gasteiger partial charge on any atom is 0.220 e. The number of amides is 1. The molecule has 0 aliphatic carbocycles. The van der Waals surface area contributed by atoms with E-state index >= 15 is 0 Å². The number of hydrogen-bond donors (Lipinski definition) is 1. The van der Waals surface area contributed by atoms with Crippen LogP contribution >= 0.6 is 0 Å². The zero-order chi connectivity index (χ0) is 21.2. The van der Waals surface area contributed by atoms with Gasteiger partial charge in [0.15, 0.2) is 11.5 Å². The Morgan fingerprint density at radius 1 is 0.933 bits per heavy atom. The summed E-state index contributed by atoms with van der Waals surface area (Å²) in [5.41, 5.74) is 2.87. The van der Waals surface area contributed by atoms with Crippen molar-refractivity contribution in [2.45, 2.75) is 26.0 Å². The van der Waals surface area contributed by atoms with Gasteiger partial charge in [-0.1, -0.05) is 24.3 Å². The van der Waals surface area contributed by atoms with E-state index in [0.717, 1.165) is 22.6 Å². The third-order valence-electron chi connectivity index (χ3n) is 4.59. The molecular weight excluding hydrogens is 380 g/mol. The second-order valence-corrected chi connectivity index (χ2v) is 6.72. The van der Waals surface area contributed by atoms with Gasteiger partial charge in [-0.2, -0.15) is 0 Å². The lowest BCUT2D eigenvalue weighted by molar-refractivity contribution is -0.121. The number of aryl methyl sites for hydroxylation is 1. The molecule has 0 fully saturated rings. The quantitative estimate of drug-likeness (QED) is 0.553. The van der Waals surface area contributed by atoms with Crippen LogP contribution in [0.15, 0.2) is 66.9 Å². The first-order chi connectivity index (χ1) is 14.7. The second-order valence-electron chi connectivity index (χ2n) is 6.72. The normalized spacial score (nSPS) is 10.3. The monoisotopic (exact) mass is 406 g/mol. The average Bonchev–Trinajstić information content (AvgIpc) is 2.80. The largest absolute Gasteiger partial charge is 0.493 e. The van der Waals surface area contributed by atoms with Gasteiger partial charge in [-0.15, -0.1) is 0 Å². The van der Waals surface area contributed by atoms with E-state index in [9.17, 15) is 4.79 Å². The number of aromatic nitrogens is 1. The highest BCUT2D eigenvalue weighted by Gasteiger charge is 2.07. The topological polar surface area (TPSA) is 69.7 Å². The fourth-order valence-electron chi connectivity index (χ4n) is 2.97. The highest BCUT2D eigenvalue weighted by atomic mass is 16.5. The molecule has 30 heavy (non-hydrogen) atoms. The predicted octanol–water partition coefficient (Wildman–Crippen LogP) is 3.93. The Hall–Kier alpha value is -3.54. The Balaban J connectivity index is 1.46. The maximum atomic E-state index is 12.3. The van der Waals surface area contributed by atoms with Crippen LogP contribution in [0.5, 0.6) is 17.2 Å². The van der Waals surface area contributed by atoms with Gasteiger partial charge in [0.25, 0.3) is 0 Å². The number of nitrogens with zero attached hydrogens (tertiary/aromatic N) is 1. The molecule has 6 nitrogen and oxygen atoms in total. The third-order valence-corrected chi connectivity index (χ3v) is 4.59. The number of ether oxygens (including phenoxy) is 3. The Bertz CT molecular complexity index is 960. The first kappa shape index (κ1) is 21.2. The van der Waals surface area contributed by atoms with E-state index in [1.54, 1.807) is 20.4 Å². The van der Waals surface area contributed by atoms with Gasteiger partial charge in [0.05, 0.1) is 19.9 Å². The Morgan fingerprint density at radius 2 is 1.80 bits per heavy atom. The zero-order valence-corrected chi connectivity index (χ0v) is 17.3. The van der Waals surface area contributed by atoms with Gasteiger partial charge in [0.2, 0.25) is 5.91 Å². The summed E-state index contributed by atoms with van der Waals surface area (Å²) in [6, 6.07) is 19.1. The van der Waals surface area contributed by atoms with E-state index in [-0.39, 0.29) is 5.91 Å². The van der Waals surface area contributed by atoms with Crippen LogP contribution in [-0.2, 0) is 24.4 Å². The Kier molecular flexibility index (Phi) is 7.66. The highest BCUT2D eigenvalue weighted by Crippen LogP contribution is 2.27. The van der Waals surface area contributed by atoms with E-state index in [4.69, 9.17) is 14.2 Å². The molecule has 0 unspecified atom stereocenters. The van der Waals surface area contributed by atoms with Crippen LogP contribution in [0, 0.1) is 0 Å². The SMILES string of the molecule is COc1ccc(CCC(=O)NCc2cccc(OCc3ccccn3)c2)cc1OC. The molecule has 0 saturated heterocycles. The summed E-state index contributed by atoms with van der Waals surface area (Å²) in [5, 5.41) is 2.96. The van der Waals surface area contributed by atoms with E-state index in [1.807, 2.05) is 60.7 Å². The van der Waals surface area contributed by atoms with E-state index < -0.39 is 0 Å². The summed E-state index contributed by atoms with van der Waals surface area (Å²) < 4.78 is 16.3. The summed E-state index contributed by atoms with van der Waals surface area (Å²) in [7, 11) is 3.20. The van der Waals surface area contributed by atoms with Gasteiger partial charge in [-0.25, -0.2) is 0 Å². The molecule has 1 aromatic heterocycles. The maximum absolute atomic E-state index is 12.3. The molecule has 0 saturated carbocycles. The lowest BCUT2D eigenvalue weighted by Crippen LogP contribution is -2.23. The predicted molar refractivity (Wildman–Crippen MR) is 115 cm³/mol. The first-order valence-electron chi connectivity index (χ1n) is 9.77. The average molecular weight is 406 g/mol. The fraction of sp³-hybridized carbons (Fsp3) is 0.250. The van der Waals surface area contributed by atoms with Gasteiger partial charge < -0.3 is 19.5 Å². The van der Waals surface area contributed by atoms with Crippen molar-refractivity contribution >= 4 is 5.91 Å². The molecule has 1 heterocycles. The van der Waals surface area contributed by atoms with Crippen molar-refractivity contribution in [3.63, 3.8) is 0 Å². The van der Waals surface area contributed by atoms with Crippen LogP contribution in [0.1, 0.15) is 23.2 Å². The minimum absolute atomic E-state index is 0.00964. The number of hydrogen-bond acceptors (Lipinski definition) is 5. The van der Waals surface area contributed by atoms with Crippen molar-refractivity contribution in [1.29, 1.82) is 0 Å². The summed E-state index contributed by atoms with van der Waals surface area (Å²) in [4.78, 5) is 16.5. The lowest BCUT2D eigenvalue weighted by atomic mass is 10.1. The molecule has 0 aliphatic rings. The van der Waals surface area contributed by atoms with Gasteiger partial charge in [0.1, 0.15) is 12.4 Å². The number of benzene rings is 2. The van der Waals surface area contributed by atoms with E-state index in [0.29, 0.717) is 37.5 Å². The van der Waals surface area contributed by atoms with Gasteiger partial charge in [-0.3, -0.25) is 9.78 Å². The molecule has 6 heteroatoms. The van der Waals surface area contributed by atoms with Gasteiger partial charge in [-0.05, 0) is 53.9 Å². The van der Waals surface area contributed by atoms with Crippen molar-refractivity contribution in [3.05, 3.63) is 83.7 Å². The molecule has 2 aromatic carbocycles. The molecule has 0 bridgehead atoms. The smallest absolute Gasteiger partial charge is 0.220 e. The van der Waals surface area contributed by atoms with Crippen molar-refractivity contribution in [2.75, 3.05) is 14.2 Å². The van der Waals surface area contributed by atoms with Crippen molar-refractivity contribution < 1.29 is 19.0 Å². The van der Waals surface area contributed by atoms with Crippen molar-refractivity contribution in [1.82, 2.24) is 10.3 Å². The standard InChI is InChI=1S/C24H26N2O4/c1-28-22-11-9-18(15-23(22)29-2)10-12-24(27)26-16-19-6-5-8-21(14-19)30-17-20-7-3-4-13-25-20/h3-9,11,13-15H,10,12,16-17H2,1-2H3,(H,26,27). The van der Waals surface area contributed by atoms with E-state index in [2.05, 4.69) is 10.3 Å². The highest BCUT2D eigenvalue weighted by molar-refractivity contribution is 5.76. The van der Waals surface area contributed by atoms with Crippen molar-refractivity contribution in [3.8, 4) is 17.2 Å². The van der Waals surface area contributed by atoms with Crippen LogP contribution in [0.4, 0.5) is 0 Å². The number of nitrogens with one attached hydrogen (secondary N) is 1. The molecule has 3 rings (SSSR count). The molecule has 0 radical (unpaired) electrons. The lowest BCUT2D eigenvalue weighted by Gasteiger charge is -2.10. The fourth-order valence-corrected chi connectivity index (χ4v) is 2.97. The van der Waals surface area contributed by atoms with Crippen molar-refractivity contribution in [2.24, 2.45) is 0 Å². The number of carbonyl (C=O) groups is 1.